The summed E-state index contributed by atoms with van der Waals surface area (Å²) in [5.74, 6) is 0.800. The van der Waals surface area contributed by atoms with Crippen molar-refractivity contribution in [1.29, 1.82) is 0 Å². The van der Waals surface area contributed by atoms with Crippen LogP contribution in [0.15, 0.2) is 18.3 Å². The molecule has 0 spiro atoms. The molecule has 1 saturated carbocycles. The number of rotatable bonds is 3. The van der Waals surface area contributed by atoms with Gasteiger partial charge in [-0.2, -0.15) is 0 Å². The highest BCUT2D eigenvalue weighted by molar-refractivity contribution is 5.99. The third-order valence-corrected chi connectivity index (χ3v) is 3.30. The van der Waals surface area contributed by atoms with Crippen molar-refractivity contribution in [2.75, 3.05) is 31.1 Å². The smallest absolute Gasteiger partial charge is 0.255 e. The first kappa shape index (κ1) is 11.5. The van der Waals surface area contributed by atoms with E-state index < -0.39 is 0 Å². The predicted molar refractivity (Wildman–Crippen MR) is 68.8 cm³/mol. The van der Waals surface area contributed by atoms with E-state index in [1.807, 2.05) is 12.1 Å². The standard InChI is InChI=1S/C13H17N4O/c18-13(16-10-3-4-10)11-2-1-5-15-12(11)17-8-6-14-7-9-17/h1-2,5,10H,3-4,6-9H2,(H,16,18). The van der Waals surface area contributed by atoms with Crippen molar-refractivity contribution in [2.24, 2.45) is 0 Å². The van der Waals surface area contributed by atoms with E-state index in [0.29, 0.717) is 11.6 Å². The Morgan fingerprint density at radius 1 is 1.33 bits per heavy atom. The second-order valence-corrected chi connectivity index (χ2v) is 4.78. The maximum atomic E-state index is 12.2. The molecule has 2 fully saturated rings. The average molecular weight is 245 g/mol. The summed E-state index contributed by atoms with van der Waals surface area (Å²) in [6, 6.07) is 4.05. The Bertz CT molecular complexity index is 438. The van der Waals surface area contributed by atoms with Crippen molar-refractivity contribution in [3.63, 3.8) is 0 Å². The van der Waals surface area contributed by atoms with Gasteiger partial charge in [0.15, 0.2) is 0 Å². The molecule has 3 rings (SSSR count). The van der Waals surface area contributed by atoms with Crippen LogP contribution in [0.25, 0.3) is 0 Å². The Labute approximate surface area is 107 Å². The zero-order valence-electron chi connectivity index (χ0n) is 10.3. The quantitative estimate of drug-likeness (QED) is 0.838. The fourth-order valence-electron chi connectivity index (χ4n) is 2.14. The summed E-state index contributed by atoms with van der Waals surface area (Å²) in [5.41, 5.74) is 0.686. The highest BCUT2D eigenvalue weighted by atomic mass is 16.1. The van der Waals surface area contributed by atoms with Gasteiger partial charge in [-0.25, -0.2) is 10.3 Å². The Morgan fingerprint density at radius 3 is 2.83 bits per heavy atom. The lowest BCUT2D eigenvalue weighted by atomic mass is 10.2. The van der Waals surface area contributed by atoms with Gasteiger partial charge in [0.05, 0.1) is 5.56 Å². The van der Waals surface area contributed by atoms with Crippen LogP contribution in [0.3, 0.4) is 0 Å². The highest BCUT2D eigenvalue weighted by Crippen LogP contribution is 2.22. The lowest BCUT2D eigenvalue weighted by Gasteiger charge is -2.28. The van der Waals surface area contributed by atoms with Crippen LogP contribution in [-0.4, -0.2) is 43.1 Å². The number of anilines is 1. The maximum Gasteiger partial charge on any atom is 0.255 e. The first-order valence-electron chi connectivity index (χ1n) is 6.48. The molecule has 1 aliphatic carbocycles. The molecular formula is C13H17N4O. The van der Waals surface area contributed by atoms with Gasteiger partial charge in [-0.3, -0.25) is 4.79 Å². The first-order valence-corrected chi connectivity index (χ1v) is 6.48. The molecule has 1 aromatic rings. The Balaban J connectivity index is 1.81. The molecule has 0 aromatic carbocycles. The van der Waals surface area contributed by atoms with Crippen LogP contribution >= 0.6 is 0 Å². The number of piperazine rings is 1. The number of carbonyl (C=O) groups is 1. The number of carbonyl (C=O) groups excluding carboxylic acids is 1. The molecule has 1 radical (unpaired) electrons. The van der Waals surface area contributed by atoms with Crippen LogP contribution in [0.5, 0.6) is 0 Å². The molecule has 1 saturated heterocycles. The van der Waals surface area contributed by atoms with E-state index in [0.717, 1.165) is 44.8 Å². The number of hydrogen-bond acceptors (Lipinski definition) is 3. The minimum absolute atomic E-state index is 0.00288. The topological polar surface area (TPSA) is 59.3 Å². The van der Waals surface area contributed by atoms with E-state index >= 15 is 0 Å². The third kappa shape index (κ3) is 2.46. The largest absolute Gasteiger partial charge is 0.353 e. The monoisotopic (exact) mass is 245 g/mol. The average Bonchev–Trinajstić information content (AvgIpc) is 3.24. The Morgan fingerprint density at radius 2 is 2.11 bits per heavy atom. The van der Waals surface area contributed by atoms with Crippen LogP contribution in [0.1, 0.15) is 23.2 Å². The Kier molecular flexibility index (Phi) is 3.15. The predicted octanol–water partition coefficient (Wildman–Crippen LogP) is 0.398. The molecule has 5 nitrogen and oxygen atoms in total. The van der Waals surface area contributed by atoms with Crippen LogP contribution in [-0.2, 0) is 0 Å². The summed E-state index contributed by atoms with van der Waals surface area (Å²) in [6.07, 6.45) is 3.95. The highest BCUT2D eigenvalue weighted by Gasteiger charge is 2.26. The summed E-state index contributed by atoms with van der Waals surface area (Å²) in [5, 5.41) is 7.34. The van der Waals surface area contributed by atoms with Crippen LogP contribution in [0, 0.1) is 0 Å². The molecule has 95 valence electrons. The lowest BCUT2D eigenvalue weighted by molar-refractivity contribution is 0.0951. The zero-order valence-corrected chi connectivity index (χ0v) is 10.3. The second kappa shape index (κ2) is 4.94. The van der Waals surface area contributed by atoms with Crippen LogP contribution < -0.4 is 15.5 Å². The van der Waals surface area contributed by atoms with E-state index in [4.69, 9.17) is 0 Å². The number of pyridine rings is 1. The summed E-state index contributed by atoms with van der Waals surface area (Å²) in [6.45, 7) is 3.34. The van der Waals surface area contributed by atoms with Crippen molar-refractivity contribution in [2.45, 2.75) is 18.9 Å². The van der Waals surface area contributed by atoms with Gasteiger partial charge < -0.3 is 10.2 Å². The van der Waals surface area contributed by atoms with Gasteiger partial charge in [-0.1, -0.05) is 0 Å². The van der Waals surface area contributed by atoms with Crippen LogP contribution in [0.4, 0.5) is 5.82 Å². The number of nitrogens with one attached hydrogen (secondary N) is 1. The van der Waals surface area contributed by atoms with Crippen LogP contribution in [0.2, 0.25) is 0 Å². The fourth-order valence-corrected chi connectivity index (χ4v) is 2.14. The molecule has 1 aromatic heterocycles. The van der Waals surface area contributed by atoms with Gasteiger partial charge in [0.1, 0.15) is 5.82 Å². The van der Waals surface area contributed by atoms with Gasteiger partial charge in [0.25, 0.3) is 5.91 Å². The van der Waals surface area contributed by atoms with Gasteiger partial charge in [-0.15, -0.1) is 0 Å². The number of hydrogen-bond donors (Lipinski definition) is 1. The van der Waals surface area contributed by atoms with E-state index in [1.165, 1.54) is 0 Å². The number of amides is 1. The van der Waals surface area contributed by atoms with Gasteiger partial charge in [0, 0.05) is 38.4 Å². The number of aromatic nitrogens is 1. The number of nitrogens with zero attached hydrogens (tertiary/aromatic N) is 3. The van der Waals surface area contributed by atoms with E-state index in [-0.39, 0.29) is 5.91 Å². The first-order chi connectivity index (χ1) is 8.84. The molecule has 0 unspecified atom stereocenters. The maximum absolute atomic E-state index is 12.2. The zero-order chi connectivity index (χ0) is 12.4. The molecule has 1 N–H and O–H groups in total. The molecule has 5 heteroatoms. The molecular weight excluding hydrogens is 228 g/mol. The van der Waals surface area contributed by atoms with Crippen molar-refractivity contribution < 1.29 is 4.79 Å². The van der Waals surface area contributed by atoms with Crippen molar-refractivity contribution in [3.8, 4) is 0 Å². The second-order valence-electron chi connectivity index (χ2n) is 4.78. The van der Waals surface area contributed by atoms with Gasteiger partial charge >= 0.3 is 0 Å². The summed E-state index contributed by atoms with van der Waals surface area (Å²) in [4.78, 5) is 18.7. The normalized spacial score (nSPS) is 19.7. The summed E-state index contributed by atoms with van der Waals surface area (Å²) >= 11 is 0. The summed E-state index contributed by atoms with van der Waals surface area (Å²) < 4.78 is 0. The van der Waals surface area contributed by atoms with Gasteiger partial charge in [-0.05, 0) is 25.0 Å². The van der Waals surface area contributed by atoms with E-state index in [1.54, 1.807) is 6.20 Å². The lowest BCUT2D eigenvalue weighted by Crippen LogP contribution is -2.42. The molecule has 2 aliphatic rings. The van der Waals surface area contributed by atoms with Crippen molar-refractivity contribution in [3.05, 3.63) is 23.9 Å². The molecule has 0 bridgehead atoms. The molecule has 0 atom stereocenters. The van der Waals surface area contributed by atoms with E-state index in [9.17, 15) is 4.79 Å². The third-order valence-electron chi connectivity index (χ3n) is 3.30. The molecule has 1 amide bonds. The molecule has 18 heavy (non-hydrogen) atoms. The van der Waals surface area contributed by atoms with Crippen molar-refractivity contribution >= 4 is 11.7 Å². The minimum Gasteiger partial charge on any atom is -0.353 e. The SMILES string of the molecule is O=C(NC1CC1)c1cccnc1N1CC[N]CC1. The molecule has 2 heterocycles. The van der Waals surface area contributed by atoms with Crippen molar-refractivity contribution in [1.82, 2.24) is 15.6 Å². The fraction of sp³-hybridized carbons (Fsp3) is 0.538. The Hall–Kier alpha value is -1.62. The van der Waals surface area contributed by atoms with E-state index in [2.05, 4.69) is 20.5 Å². The molecule has 1 aliphatic heterocycles. The summed E-state index contributed by atoms with van der Waals surface area (Å²) in [7, 11) is 0. The van der Waals surface area contributed by atoms with Gasteiger partial charge in [0.2, 0.25) is 0 Å². The minimum atomic E-state index is 0.00288.